The van der Waals surface area contributed by atoms with E-state index < -0.39 is 5.41 Å². The van der Waals surface area contributed by atoms with Gasteiger partial charge in [-0.15, -0.1) is 11.3 Å². The zero-order valence-corrected chi connectivity index (χ0v) is 32.2. The molecule has 0 radical (unpaired) electrons. The monoisotopic (exact) mass is 754 g/mol. The third-order valence-corrected chi connectivity index (χ3v) is 14.0. The van der Waals surface area contributed by atoms with Crippen molar-refractivity contribution in [2.45, 2.75) is 5.41 Å². The Morgan fingerprint density at radius 1 is 0.414 bits per heavy atom. The topological polar surface area (TPSA) is 8.17 Å². The maximum atomic E-state index is 2.57. The van der Waals surface area contributed by atoms with E-state index >= 15 is 0 Å². The van der Waals surface area contributed by atoms with Crippen LogP contribution in [0.4, 0.5) is 17.1 Å². The minimum absolute atomic E-state index is 0.532. The van der Waals surface area contributed by atoms with Crippen molar-refractivity contribution in [2.75, 3.05) is 4.90 Å². The lowest BCUT2D eigenvalue weighted by Crippen LogP contribution is -2.33. The number of benzene rings is 9. The molecule has 0 N–H and O–H groups in total. The highest BCUT2D eigenvalue weighted by Gasteiger charge is 2.51. The molecule has 58 heavy (non-hydrogen) atoms. The first-order chi connectivity index (χ1) is 28.8. The summed E-state index contributed by atoms with van der Waals surface area (Å²) in [7, 11) is 0. The van der Waals surface area contributed by atoms with Crippen molar-refractivity contribution in [3.05, 3.63) is 229 Å². The summed E-state index contributed by atoms with van der Waals surface area (Å²) in [5.41, 5.74) is 17.0. The summed E-state index contributed by atoms with van der Waals surface area (Å²) in [6, 6.07) is 76.5. The first-order valence-electron chi connectivity index (χ1n) is 20.0. The van der Waals surface area contributed by atoms with Gasteiger partial charge < -0.3 is 9.47 Å². The van der Waals surface area contributed by atoms with E-state index in [0.29, 0.717) is 0 Å². The van der Waals surface area contributed by atoms with E-state index in [1.165, 1.54) is 92.2 Å². The van der Waals surface area contributed by atoms with Crippen LogP contribution in [0.1, 0.15) is 22.3 Å². The normalized spacial score (nSPS) is 15.0. The lowest BCUT2D eigenvalue weighted by atomic mass is 9.65. The molecule has 0 fully saturated rings. The van der Waals surface area contributed by atoms with Gasteiger partial charge in [-0.3, -0.25) is 0 Å². The van der Waals surface area contributed by atoms with Gasteiger partial charge in [0, 0.05) is 48.0 Å². The third kappa shape index (κ3) is 4.16. The summed E-state index contributed by atoms with van der Waals surface area (Å²) < 4.78 is 5.26. The molecule has 0 bridgehead atoms. The van der Waals surface area contributed by atoms with E-state index in [9.17, 15) is 0 Å². The van der Waals surface area contributed by atoms with Crippen LogP contribution in [-0.4, -0.2) is 4.57 Å². The molecule has 0 saturated heterocycles. The molecule has 1 aliphatic carbocycles. The largest absolute Gasteiger partial charge is 0.310 e. The molecule has 1 unspecified atom stereocenters. The molecular formula is C55H34N2S. The Labute approximate surface area is 340 Å². The molecule has 13 rings (SSSR count). The average molecular weight is 755 g/mol. The number of nitrogens with zero attached hydrogens (tertiary/aromatic N) is 2. The smallest absolute Gasteiger partial charge is 0.0754 e. The number of fused-ring (bicyclic) bond motifs is 16. The predicted octanol–water partition coefficient (Wildman–Crippen LogP) is 15.0. The standard InChI is InChI=1S/C55H34N2S/c1-3-15-35(16-4-1)36-27-29-38(30-28-36)56(37-17-5-2-6-18-37)39-31-32-46-43(33-39)40-19-7-10-22-45(40)55(46)47-23-11-13-25-50(47)57-49-24-12-8-21-42(49)52-53(57)48(55)34-44-41-20-9-14-26-51(41)58-54(44)52/h1-34H. The molecule has 3 heterocycles. The van der Waals surface area contributed by atoms with Crippen LogP contribution in [-0.2, 0) is 5.41 Å². The maximum absolute atomic E-state index is 2.57. The molecule has 3 heteroatoms. The summed E-state index contributed by atoms with van der Waals surface area (Å²) in [4.78, 5) is 2.40. The number of aromatic nitrogens is 1. The zero-order valence-electron chi connectivity index (χ0n) is 31.4. The minimum Gasteiger partial charge on any atom is -0.310 e. The van der Waals surface area contributed by atoms with Gasteiger partial charge in [0.25, 0.3) is 0 Å². The number of para-hydroxylation sites is 3. The maximum Gasteiger partial charge on any atom is 0.0754 e. The van der Waals surface area contributed by atoms with Gasteiger partial charge in [0.1, 0.15) is 0 Å². The molecular weight excluding hydrogens is 721 g/mol. The molecule has 1 spiro atoms. The van der Waals surface area contributed by atoms with E-state index in [0.717, 1.165) is 17.1 Å². The molecule has 0 saturated carbocycles. The van der Waals surface area contributed by atoms with E-state index in [2.05, 4.69) is 216 Å². The summed E-state index contributed by atoms with van der Waals surface area (Å²) in [6.07, 6.45) is 0. The average Bonchev–Trinajstić information content (AvgIpc) is 3.94. The summed E-state index contributed by atoms with van der Waals surface area (Å²) in [5.74, 6) is 0. The van der Waals surface area contributed by atoms with Crippen molar-refractivity contribution < 1.29 is 0 Å². The molecule has 1 atom stereocenters. The van der Waals surface area contributed by atoms with Crippen LogP contribution in [0, 0.1) is 0 Å². The van der Waals surface area contributed by atoms with Gasteiger partial charge in [0.2, 0.25) is 0 Å². The molecule has 1 aliphatic heterocycles. The predicted molar refractivity (Wildman–Crippen MR) is 245 cm³/mol. The number of hydrogen-bond acceptors (Lipinski definition) is 2. The van der Waals surface area contributed by atoms with E-state index in [4.69, 9.17) is 0 Å². The van der Waals surface area contributed by atoms with Gasteiger partial charge in [0.05, 0.1) is 22.1 Å². The molecule has 2 aromatic heterocycles. The number of rotatable bonds is 4. The zero-order chi connectivity index (χ0) is 38.0. The van der Waals surface area contributed by atoms with Crippen molar-refractivity contribution in [1.82, 2.24) is 4.57 Å². The Morgan fingerprint density at radius 3 is 1.88 bits per heavy atom. The second kappa shape index (κ2) is 11.9. The molecule has 2 nitrogen and oxygen atoms in total. The second-order valence-corrected chi connectivity index (χ2v) is 16.7. The van der Waals surface area contributed by atoms with Gasteiger partial charge in [-0.05, 0) is 105 Å². The van der Waals surface area contributed by atoms with Gasteiger partial charge in [-0.1, -0.05) is 146 Å². The highest BCUT2D eigenvalue weighted by Crippen LogP contribution is 2.63. The van der Waals surface area contributed by atoms with Crippen LogP contribution in [0.25, 0.3) is 69.9 Å². The highest BCUT2D eigenvalue weighted by molar-refractivity contribution is 7.26. The summed E-state index contributed by atoms with van der Waals surface area (Å²) >= 11 is 1.93. The molecule has 0 amide bonds. The first kappa shape index (κ1) is 31.9. The van der Waals surface area contributed by atoms with E-state index in [1.807, 2.05) is 11.3 Å². The van der Waals surface area contributed by atoms with Crippen LogP contribution >= 0.6 is 11.3 Å². The van der Waals surface area contributed by atoms with Crippen LogP contribution in [0.5, 0.6) is 0 Å². The van der Waals surface area contributed by atoms with Crippen molar-refractivity contribution in [2.24, 2.45) is 0 Å². The van der Waals surface area contributed by atoms with Crippen molar-refractivity contribution in [1.29, 1.82) is 0 Å². The quantitative estimate of drug-likeness (QED) is 0.174. The highest BCUT2D eigenvalue weighted by atomic mass is 32.1. The first-order valence-corrected chi connectivity index (χ1v) is 20.8. The van der Waals surface area contributed by atoms with Crippen LogP contribution in [0.3, 0.4) is 0 Å². The lowest BCUT2D eigenvalue weighted by molar-refractivity contribution is 0.750. The van der Waals surface area contributed by atoms with Gasteiger partial charge in [-0.25, -0.2) is 0 Å². The van der Waals surface area contributed by atoms with Crippen molar-refractivity contribution in [3.63, 3.8) is 0 Å². The van der Waals surface area contributed by atoms with Crippen LogP contribution < -0.4 is 4.90 Å². The SMILES string of the molecule is c1ccc(-c2ccc(N(c3ccccc3)c3ccc4c(c3)-c3ccccc3C43c4ccccc4-n4c5ccccc5c5c6sc7ccccc7c6cc3c54)cc2)cc1. The molecule has 9 aromatic carbocycles. The number of thiophene rings is 1. The summed E-state index contributed by atoms with van der Waals surface area (Å²) in [6.45, 7) is 0. The third-order valence-electron chi connectivity index (χ3n) is 12.8. The van der Waals surface area contributed by atoms with E-state index in [1.54, 1.807) is 0 Å². The molecule has 270 valence electrons. The fourth-order valence-corrected chi connectivity index (χ4v) is 11.7. The van der Waals surface area contributed by atoms with Crippen LogP contribution in [0.2, 0.25) is 0 Å². The Bertz CT molecular complexity index is 3450. The lowest BCUT2D eigenvalue weighted by Gasteiger charge is -2.39. The second-order valence-electron chi connectivity index (χ2n) is 15.6. The van der Waals surface area contributed by atoms with Crippen molar-refractivity contribution >= 4 is 70.4 Å². The molecule has 2 aliphatic rings. The Morgan fingerprint density at radius 2 is 1.03 bits per heavy atom. The fourth-order valence-electron chi connectivity index (χ4n) is 10.4. The summed E-state index contributed by atoms with van der Waals surface area (Å²) in [5, 5.41) is 5.32. The number of hydrogen-bond donors (Lipinski definition) is 0. The van der Waals surface area contributed by atoms with Crippen molar-refractivity contribution in [3.8, 4) is 27.9 Å². The molecule has 11 aromatic rings. The van der Waals surface area contributed by atoms with Gasteiger partial charge >= 0.3 is 0 Å². The minimum atomic E-state index is -0.532. The fraction of sp³-hybridized carbons (Fsp3) is 0.0182. The Hall–Kier alpha value is -7.20. The van der Waals surface area contributed by atoms with Gasteiger partial charge in [0.15, 0.2) is 0 Å². The van der Waals surface area contributed by atoms with Gasteiger partial charge in [-0.2, -0.15) is 0 Å². The number of anilines is 3. The Balaban J connectivity index is 1.12. The Kier molecular flexibility index (Phi) is 6.56. The van der Waals surface area contributed by atoms with E-state index in [-0.39, 0.29) is 0 Å². The van der Waals surface area contributed by atoms with Crippen LogP contribution in [0.15, 0.2) is 206 Å².